The molecule has 1 aromatic heterocycles. The summed E-state index contributed by atoms with van der Waals surface area (Å²) in [5.74, 6) is 0.583. The van der Waals surface area contributed by atoms with Gasteiger partial charge in [-0.1, -0.05) is 77.7 Å². The Morgan fingerprint density at radius 1 is 1.03 bits per heavy atom. The number of rotatable bonds is 18. The maximum Gasteiger partial charge on any atom is 0.313 e. The second kappa shape index (κ2) is 19.4. The summed E-state index contributed by atoms with van der Waals surface area (Å²) in [5, 5.41) is 0. The van der Waals surface area contributed by atoms with Crippen molar-refractivity contribution >= 4 is 23.3 Å². The van der Waals surface area contributed by atoms with E-state index in [0.717, 1.165) is 57.3 Å². The standard InChI is InChI=1S/C30H52N3O4S.HI/c1-4-6-8-10-11-12-13-17-27(37-30(34)25-18-22-35-23-19-25)33(3)20-15-16-26(24-33)28-29(32-38-31-28)36-21-14-9-7-5-2;/h16,25,27H,4-15,17-24H2,1-3H3;1H/q+1;/p-1. The molecule has 7 nitrogen and oxygen atoms in total. The lowest BCUT2D eigenvalue weighted by molar-refractivity contribution is -0.947. The van der Waals surface area contributed by atoms with Gasteiger partial charge < -0.3 is 38.2 Å². The topological polar surface area (TPSA) is 70.5 Å². The molecule has 0 N–H and O–H groups in total. The van der Waals surface area contributed by atoms with Crippen molar-refractivity contribution in [2.45, 2.75) is 116 Å². The monoisotopic (exact) mass is 677 g/mol. The van der Waals surface area contributed by atoms with Gasteiger partial charge in [0, 0.05) is 31.6 Å². The summed E-state index contributed by atoms with van der Waals surface area (Å²) in [6.45, 7) is 8.19. The summed E-state index contributed by atoms with van der Waals surface area (Å²) >= 11 is 1.22. The molecule has 0 bridgehead atoms. The maximum absolute atomic E-state index is 13.2. The number of carbonyl (C=O) groups is 1. The zero-order chi connectivity index (χ0) is 27.1. The second-order valence-electron chi connectivity index (χ2n) is 11.4. The number of aromatic nitrogens is 2. The summed E-state index contributed by atoms with van der Waals surface area (Å²) in [5.41, 5.74) is 2.04. The van der Waals surface area contributed by atoms with Gasteiger partial charge in [0.2, 0.25) is 6.23 Å². The van der Waals surface area contributed by atoms with E-state index >= 15 is 0 Å². The van der Waals surface area contributed by atoms with Gasteiger partial charge in [0.25, 0.3) is 5.88 Å². The van der Waals surface area contributed by atoms with Crippen LogP contribution in [0.3, 0.4) is 0 Å². The van der Waals surface area contributed by atoms with Crippen molar-refractivity contribution in [1.29, 1.82) is 0 Å². The van der Waals surface area contributed by atoms with Gasteiger partial charge in [-0.2, -0.15) is 4.37 Å². The van der Waals surface area contributed by atoms with Crippen molar-refractivity contribution < 1.29 is 47.5 Å². The largest absolute Gasteiger partial charge is 1.00 e. The number of hydrogen-bond acceptors (Lipinski definition) is 7. The van der Waals surface area contributed by atoms with E-state index in [9.17, 15) is 4.79 Å². The third-order valence-electron chi connectivity index (χ3n) is 8.12. The quantitative estimate of drug-likeness (QED) is 0.101. The summed E-state index contributed by atoms with van der Waals surface area (Å²) in [6.07, 6.45) is 19.0. The summed E-state index contributed by atoms with van der Waals surface area (Å²) in [6, 6.07) is 0. The first-order valence-corrected chi connectivity index (χ1v) is 16.1. The number of halogens is 1. The molecule has 2 unspecified atom stereocenters. The molecule has 1 fully saturated rings. The highest BCUT2D eigenvalue weighted by molar-refractivity contribution is 6.99. The number of carbonyl (C=O) groups excluding carboxylic acids is 1. The molecule has 0 spiro atoms. The lowest BCUT2D eigenvalue weighted by Crippen LogP contribution is -3.00. The van der Waals surface area contributed by atoms with Gasteiger partial charge in [-0.25, -0.2) is 0 Å². The van der Waals surface area contributed by atoms with E-state index in [1.165, 1.54) is 75.1 Å². The molecule has 0 aliphatic carbocycles. The van der Waals surface area contributed by atoms with Crippen LogP contribution in [0.1, 0.15) is 116 Å². The minimum Gasteiger partial charge on any atom is -1.00 e. The van der Waals surface area contributed by atoms with E-state index in [1.54, 1.807) is 0 Å². The average molecular weight is 678 g/mol. The summed E-state index contributed by atoms with van der Waals surface area (Å²) in [7, 11) is 2.25. The van der Waals surface area contributed by atoms with Gasteiger partial charge in [-0.3, -0.25) is 9.28 Å². The molecule has 0 amide bonds. The lowest BCUT2D eigenvalue weighted by atomic mass is 10.00. The molecule has 2 aliphatic heterocycles. The normalized spacial score (nSPS) is 20.6. The van der Waals surface area contributed by atoms with Crippen LogP contribution in [0.5, 0.6) is 5.88 Å². The first-order chi connectivity index (χ1) is 18.6. The molecule has 0 saturated carbocycles. The average Bonchev–Trinajstić information content (AvgIpc) is 3.41. The molecule has 39 heavy (non-hydrogen) atoms. The molecule has 2 aliphatic rings. The highest BCUT2D eigenvalue weighted by Gasteiger charge is 2.40. The molecule has 224 valence electrons. The Balaban J connectivity index is 0.00000533. The van der Waals surface area contributed by atoms with Crippen molar-refractivity contribution in [3.8, 4) is 5.88 Å². The van der Waals surface area contributed by atoms with Crippen LogP contribution in [0.25, 0.3) is 5.57 Å². The predicted octanol–water partition coefficient (Wildman–Crippen LogP) is 4.17. The smallest absolute Gasteiger partial charge is 0.313 e. The Bertz CT molecular complexity index is 846. The molecule has 1 saturated heterocycles. The molecule has 3 heterocycles. The Labute approximate surface area is 258 Å². The number of ether oxygens (including phenoxy) is 3. The molecular weight excluding hydrogens is 625 g/mol. The lowest BCUT2D eigenvalue weighted by Gasteiger charge is -2.43. The number of nitrogens with zero attached hydrogens (tertiary/aromatic N) is 3. The minimum absolute atomic E-state index is 0. The van der Waals surface area contributed by atoms with Gasteiger partial charge >= 0.3 is 5.97 Å². The fourth-order valence-corrected chi connectivity index (χ4v) is 6.12. The molecule has 3 rings (SSSR count). The zero-order valence-electron chi connectivity index (χ0n) is 24.6. The maximum atomic E-state index is 13.2. The van der Waals surface area contributed by atoms with Crippen LogP contribution in [-0.4, -0.2) is 65.4 Å². The van der Waals surface area contributed by atoms with Crippen molar-refractivity contribution in [3.63, 3.8) is 0 Å². The molecule has 1 aromatic rings. The third-order valence-corrected chi connectivity index (χ3v) is 8.63. The highest BCUT2D eigenvalue weighted by Crippen LogP contribution is 2.33. The predicted molar refractivity (Wildman–Crippen MR) is 154 cm³/mol. The number of hydrogen-bond donors (Lipinski definition) is 0. The van der Waals surface area contributed by atoms with E-state index in [2.05, 4.69) is 35.7 Å². The molecule has 0 radical (unpaired) electrons. The van der Waals surface area contributed by atoms with Crippen molar-refractivity contribution in [1.82, 2.24) is 8.75 Å². The molecule has 2 atom stereocenters. The van der Waals surface area contributed by atoms with Crippen LogP contribution in [-0.2, 0) is 14.3 Å². The van der Waals surface area contributed by atoms with Crippen LogP contribution in [0, 0.1) is 5.92 Å². The Morgan fingerprint density at radius 2 is 1.69 bits per heavy atom. The summed E-state index contributed by atoms with van der Waals surface area (Å²) in [4.78, 5) is 13.2. The molecule has 9 heteroatoms. The second-order valence-corrected chi connectivity index (χ2v) is 11.9. The van der Waals surface area contributed by atoms with Gasteiger partial charge in [0.15, 0.2) is 0 Å². The van der Waals surface area contributed by atoms with Crippen LogP contribution in [0.2, 0.25) is 0 Å². The van der Waals surface area contributed by atoms with Gasteiger partial charge in [-0.05, 0) is 25.7 Å². The minimum atomic E-state index is -0.144. The fraction of sp³-hybridized carbons (Fsp3) is 0.833. The number of quaternary nitrogens is 1. The number of unbranched alkanes of at least 4 members (excludes halogenated alkanes) is 9. The third kappa shape index (κ3) is 11.6. The SMILES string of the molecule is CCCCCCCCCC(OC(=O)C1CCOCC1)[N+]1(C)CCC=C(c2nsnc2OCCCCCC)C1.[I-]. The fourth-order valence-electron chi connectivity index (χ4n) is 5.59. The van der Waals surface area contributed by atoms with E-state index < -0.39 is 0 Å². The Hall–Kier alpha value is -0.780. The Morgan fingerprint density at radius 3 is 2.41 bits per heavy atom. The zero-order valence-corrected chi connectivity index (χ0v) is 27.6. The van der Waals surface area contributed by atoms with E-state index in [0.29, 0.717) is 30.2 Å². The number of esters is 1. The van der Waals surface area contributed by atoms with E-state index in [-0.39, 0.29) is 42.1 Å². The van der Waals surface area contributed by atoms with Gasteiger partial charge in [0.05, 0.1) is 37.8 Å². The van der Waals surface area contributed by atoms with Gasteiger partial charge in [-0.15, -0.1) is 4.37 Å². The first-order valence-electron chi connectivity index (χ1n) is 15.3. The van der Waals surface area contributed by atoms with Crippen molar-refractivity contribution in [2.24, 2.45) is 5.92 Å². The van der Waals surface area contributed by atoms with E-state index in [1.807, 2.05) is 0 Å². The number of likely N-dealkylation sites (N-methyl/N-ethyl adjacent to an activating group) is 1. The van der Waals surface area contributed by atoms with Crippen molar-refractivity contribution in [3.05, 3.63) is 11.8 Å². The van der Waals surface area contributed by atoms with Crippen LogP contribution < -0.4 is 28.7 Å². The van der Waals surface area contributed by atoms with Crippen LogP contribution in [0.4, 0.5) is 0 Å². The van der Waals surface area contributed by atoms with Gasteiger partial charge in [0.1, 0.15) is 12.2 Å². The van der Waals surface area contributed by atoms with Crippen molar-refractivity contribution in [2.75, 3.05) is 40.0 Å². The van der Waals surface area contributed by atoms with Crippen LogP contribution in [0.15, 0.2) is 6.08 Å². The Kier molecular flexibility index (Phi) is 17.1. The summed E-state index contributed by atoms with van der Waals surface area (Å²) < 4.78 is 27.7. The molecular formula is C30H52IN3O4S. The molecule has 0 aromatic carbocycles. The van der Waals surface area contributed by atoms with Crippen LogP contribution >= 0.6 is 11.7 Å². The van der Waals surface area contributed by atoms with E-state index in [4.69, 9.17) is 14.2 Å². The first kappa shape index (κ1) is 34.4. The highest BCUT2D eigenvalue weighted by atomic mass is 127.